The zero-order valence-corrected chi connectivity index (χ0v) is 8.93. The van der Waals surface area contributed by atoms with Gasteiger partial charge in [-0.25, -0.2) is 0 Å². The van der Waals surface area contributed by atoms with Crippen LogP contribution in [0.1, 0.15) is 18.9 Å². The summed E-state index contributed by atoms with van der Waals surface area (Å²) in [6, 6.07) is 7.75. The molecule has 1 heterocycles. The number of hydrogen-bond donors (Lipinski definition) is 1. The molecule has 1 aromatic carbocycles. The Kier molecular flexibility index (Phi) is 2.72. The van der Waals surface area contributed by atoms with Crippen LogP contribution in [0.2, 0.25) is 0 Å². The summed E-state index contributed by atoms with van der Waals surface area (Å²) in [5, 5.41) is 11.7. The van der Waals surface area contributed by atoms with Crippen LogP contribution in [-0.4, -0.2) is 9.91 Å². The van der Waals surface area contributed by atoms with Gasteiger partial charge in [0.05, 0.1) is 4.92 Å². The summed E-state index contributed by atoms with van der Waals surface area (Å²) in [7, 11) is 0. The fourth-order valence-electron chi connectivity index (χ4n) is 1.68. The lowest BCUT2D eigenvalue weighted by molar-refractivity contribution is -0.425. The van der Waals surface area contributed by atoms with Gasteiger partial charge >= 0.3 is 0 Å². The van der Waals surface area contributed by atoms with E-state index >= 15 is 0 Å². The highest BCUT2D eigenvalue weighted by atomic mass is 16.6. The second-order valence-corrected chi connectivity index (χ2v) is 3.54. The molecule has 1 aromatic heterocycles. The van der Waals surface area contributed by atoms with Crippen molar-refractivity contribution in [2.75, 3.05) is 0 Å². The lowest BCUT2D eigenvalue weighted by atomic mass is 10.1. The van der Waals surface area contributed by atoms with E-state index < -0.39 is 0 Å². The number of H-pyrrole nitrogens is 1. The average Bonchev–Trinajstić information content (AvgIpc) is 2.69. The monoisotopic (exact) mass is 216 g/mol. The second kappa shape index (κ2) is 4.18. The van der Waals surface area contributed by atoms with E-state index in [4.69, 9.17) is 0 Å². The van der Waals surface area contributed by atoms with E-state index in [1.165, 1.54) is 0 Å². The molecule has 0 spiro atoms. The maximum atomic E-state index is 10.7. The zero-order valence-electron chi connectivity index (χ0n) is 8.93. The molecule has 16 heavy (non-hydrogen) atoms. The Hall–Kier alpha value is -2.10. The van der Waals surface area contributed by atoms with Gasteiger partial charge in [0.1, 0.15) is 0 Å². The lowest BCUT2D eigenvalue weighted by Gasteiger charge is -1.94. The number of nitrogens with one attached hydrogen (secondary N) is 1. The minimum atomic E-state index is -0.332. The molecule has 0 radical (unpaired) electrons. The highest BCUT2D eigenvalue weighted by Crippen LogP contribution is 2.21. The molecule has 4 nitrogen and oxygen atoms in total. The van der Waals surface area contributed by atoms with E-state index in [-0.39, 0.29) is 10.6 Å². The molecule has 2 aromatic rings. The summed E-state index contributed by atoms with van der Waals surface area (Å²) in [5.74, 6) is 0. The van der Waals surface area contributed by atoms with E-state index in [1.54, 1.807) is 19.2 Å². The van der Waals surface area contributed by atoms with Crippen LogP contribution in [0.25, 0.3) is 17.0 Å². The second-order valence-electron chi connectivity index (χ2n) is 3.54. The largest absolute Gasteiger partial charge is 0.361 e. The molecule has 0 fully saturated rings. The summed E-state index contributed by atoms with van der Waals surface area (Å²) < 4.78 is 0. The van der Waals surface area contributed by atoms with Crippen LogP contribution in [0, 0.1) is 10.1 Å². The lowest BCUT2D eigenvalue weighted by Crippen LogP contribution is -1.96. The van der Waals surface area contributed by atoms with E-state index in [2.05, 4.69) is 4.98 Å². The third kappa shape index (κ3) is 1.82. The first-order valence-electron chi connectivity index (χ1n) is 5.13. The first-order chi connectivity index (χ1) is 7.72. The molecule has 0 aliphatic rings. The Morgan fingerprint density at radius 1 is 1.50 bits per heavy atom. The molecule has 0 unspecified atom stereocenters. The van der Waals surface area contributed by atoms with Gasteiger partial charge in [-0.3, -0.25) is 10.1 Å². The van der Waals surface area contributed by atoms with Gasteiger partial charge in [0, 0.05) is 35.2 Å². The summed E-state index contributed by atoms with van der Waals surface area (Å²) >= 11 is 0. The quantitative estimate of drug-likeness (QED) is 0.632. The van der Waals surface area contributed by atoms with Gasteiger partial charge in [-0.05, 0) is 6.07 Å². The molecule has 2 rings (SSSR count). The average molecular weight is 216 g/mol. The van der Waals surface area contributed by atoms with Gasteiger partial charge in [0.2, 0.25) is 5.70 Å². The SMILES string of the molecule is CC/C(=C\c1c[nH]c2ccccc12)[N+](=O)[O-]. The molecular formula is C12H12N2O2. The first-order valence-corrected chi connectivity index (χ1v) is 5.13. The van der Waals surface area contributed by atoms with Crippen LogP contribution >= 0.6 is 0 Å². The van der Waals surface area contributed by atoms with E-state index in [0.717, 1.165) is 16.5 Å². The van der Waals surface area contributed by atoms with Crippen LogP contribution in [0.5, 0.6) is 0 Å². The van der Waals surface area contributed by atoms with Gasteiger partial charge in [-0.15, -0.1) is 0 Å². The number of rotatable bonds is 3. The molecular weight excluding hydrogens is 204 g/mol. The van der Waals surface area contributed by atoms with Crippen LogP contribution in [-0.2, 0) is 0 Å². The van der Waals surface area contributed by atoms with Crippen molar-refractivity contribution in [1.29, 1.82) is 0 Å². The fourth-order valence-corrected chi connectivity index (χ4v) is 1.68. The van der Waals surface area contributed by atoms with Crippen molar-refractivity contribution in [3.05, 3.63) is 51.8 Å². The summed E-state index contributed by atoms with van der Waals surface area (Å²) in [4.78, 5) is 13.5. The number of nitro groups is 1. The maximum Gasteiger partial charge on any atom is 0.246 e. The van der Waals surface area contributed by atoms with Crippen molar-refractivity contribution in [2.24, 2.45) is 0 Å². The van der Waals surface area contributed by atoms with Crippen LogP contribution in [0.15, 0.2) is 36.2 Å². The van der Waals surface area contributed by atoms with Crippen LogP contribution < -0.4 is 0 Å². The molecule has 0 atom stereocenters. The molecule has 0 saturated heterocycles. The molecule has 4 heteroatoms. The van der Waals surface area contributed by atoms with Gasteiger partial charge in [-0.2, -0.15) is 0 Å². The van der Waals surface area contributed by atoms with Crippen LogP contribution in [0.4, 0.5) is 0 Å². The highest BCUT2D eigenvalue weighted by molar-refractivity contribution is 5.88. The molecule has 0 bridgehead atoms. The Morgan fingerprint density at radius 3 is 2.94 bits per heavy atom. The number of aromatic nitrogens is 1. The molecule has 0 aliphatic carbocycles. The normalized spacial score (nSPS) is 11.9. The standard InChI is InChI=1S/C12H12N2O2/c1-2-10(14(15)16)7-9-8-13-12-6-4-3-5-11(9)12/h3-8,13H,2H2,1H3/b10-7+. The summed E-state index contributed by atoms with van der Waals surface area (Å²) in [6.07, 6.45) is 3.84. The van der Waals surface area contributed by atoms with Crippen molar-refractivity contribution < 1.29 is 4.92 Å². The minimum absolute atomic E-state index is 0.227. The number of benzene rings is 1. The van der Waals surface area contributed by atoms with E-state index in [9.17, 15) is 10.1 Å². The number of hydrogen-bond acceptors (Lipinski definition) is 2. The molecule has 82 valence electrons. The van der Waals surface area contributed by atoms with Crippen LogP contribution in [0.3, 0.4) is 0 Å². The molecule has 1 N–H and O–H groups in total. The minimum Gasteiger partial charge on any atom is -0.361 e. The van der Waals surface area contributed by atoms with E-state index in [0.29, 0.717) is 6.42 Å². The molecule has 0 aliphatic heterocycles. The van der Waals surface area contributed by atoms with Gasteiger partial charge < -0.3 is 4.98 Å². The zero-order chi connectivity index (χ0) is 11.5. The van der Waals surface area contributed by atoms with Gasteiger partial charge in [0.25, 0.3) is 0 Å². The van der Waals surface area contributed by atoms with Crippen molar-refractivity contribution >= 4 is 17.0 Å². The molecule has 0 amide bonds. The van der Waals surface area contributed by atoms with E-state index in [1.807, 2.05) is 24.3 Å². The van der Waals surface area contributed by atoms with Crippen molar-refractivity contribution in [1.82, 2.24) is 4.98 Å². The Labute approximate surface area is 92.7 Å². The third-order valence-corrected chi connectivity index (χ3v) is 2.54. The summed E-state index contributed by atoms with van der Waals surface area (Å²) in [5.41, 5.74) is 2.08. The van der Waals surface area contributed by atoms with Gasteiger partial charge in [0.15, 0.2) is 0 Å². The highest BCUT2D eigenvalue weighted by Gasteiger charge is 2.09. The third-order valence-electron chi connectivity index (χ3n) is 2.54. The maximum absolute atomic E-state index is 10.7. The number of fused-ring (bicyclic) bond motifs is 1. The summed E-state index contributed by atoms with van der Waals surface area (Å²) in [6.45, 7) is 1.78. The smallest absolute Gasteiger partial charge is 0.246 e. The van der Waals surface area contributed by atoms with Crippen molar-refractivity contribution in [2.45, 2.75) is 13.3 Å². The topological polar surface area (TPSA) is 58.9 Å². The number of aromatic amines is 1. The Balaban J connectivity index is 2.52. The molecule has 0 saturated carbocycles. The van der Waals surface area contributed by atoms with Crippen molar-refractivity contribution in [3.63, 3.8) is 0 Å². The predicted molar refractivity (Wildman–Crippen MR) is 63.6 cm³/mol. The number of nitrogens with zero attached hydrogens (tertiary/aromatic N) is 1. The Bertz CT molecular complexity index is 555. The predicted octanol–water partition coefficient (Wildman–Crippen LogP) is 3.20. The van der Waals surface area contributed by atoms with Gasteiger partial charge in [-0.1, -0.05) is 25.1 Å². The van der Waals surface area contributed by atoms with Crippen molar-refractivity contribution in [3.8, 4) is 0 Å². The fraction of sp³-hybridized carbons (Fsp3) is 0.167. The number of para-hydroxylation sites is 1. The number of allylic oxidation sites excluding steroid dienone is 1. The first kappa shape index (κ1) is 10.4. The Morgan fingerprint density at radius 2 is 2.25 bits per heavy atom.